The highest BCUT2D eigenvalue weighted by Crippen LogP contribution is 2.51. The third-order valence-electron chi connectivity index (χ3n) is 8.30. The zero-order valence-corrected chi connectivity index (χ0v) is 22.3. The average molecular weight is 527 g/mol. The number of aromatic hydroxyl groups is 1. The molecule has 4 rings (SSSR count). The largest absolute Gasteiger partial charge is 0.507 e. The third kappa shape index (κ3) is 4.10. The number of benzene rings is 1. The van der Waals surface area contributed by atoms with Crippen LogP contribution in [0.4, 0.5) is 0 Å². The van der Waals surface area contributed by atoms with Crippen LogP contribution in [-0.4, -0.2) is 76.2 Å². The molecule has 0 heterocycles. The predicted molar refractivity (Wildman–Crippen MR) is 135 cm³/mol. The summed E-state index contributed by atoms with van der Waals surface area (Å²) in [6, 6.07) is 1.62. The number of nitrogens with zero attached hydrogens (tertiary/aromatic N) is 1. The molecule has 0 radical (unpaired) electrons. The number of aliphatic hydroxyl groups is 1. The number of ketones is 5. The first kappa shape index (κ1) is 27.8. The van der Waals surface area contributed by atoms with Crippen LogP contribution in [0.3, 0.4) is 0 Å². The number of phenolic OH excluding ortho intramolecular Hbond substituents is 1. The molecular formula is C28H34N2O8. The molecule has 0 aliphatic heterocycles. The van der Waals surface area contributed by atoms with Gasteiger partial charge in [0, 0.05) is 36.4 Å². The van der Waals surface area contributed by atoms with Crippen molar-refractivity contribution in [2.24, 2.45) is 29.4 Å². The Morgan fingerprint density at radius 3 is 2.29 bits per heavy atom. The number of fused-ring (bicyclic) bond motifs is 3. The summed E-state index contributed by atoms with van der Waals surface area (Å²) in [5.74, 6) is -11.0. The van der Waals surface area contributed by atoms with E-state index in [1.165, 1.54) is 0 Å². The molecule has 38 heavy (non-hydrogen) atoms. The van der Waals surface area contributed by atoms with Crippen LogP contribution in [0.25, 0.3) is 0 Å². The minimum Gasteiger partial charge on any atom is -0.507 e. The van der Waals surface area contributed by atoms with Crippen molar-refractivity contribution in [2.75, 3.05) is 20.6 Å². The lowest BCUT2D eigenvalue weighted by Crippen LogP contribution is -2.68. The van der Waals surface area contributed by atoms with Crippen LogP contribution < -0.4 is 5.73 Å². The molecule has 4 N–H and O–H groups in total. The maximum Gasteiger partial charge on any atom is 0.235 e. The van der Waals surface area contributed by atoms with Crippen molar-refractivity contribution in [1.82, 2.24) is 4.90 Å². The molecule has 10 nitrogen and oxygen atoms in total. The van der Waals surface area contributed by atoms with Crippen LogP contribution in [0.5, 0.6) is 5.75 Å². The molecule has 204 valence electrons. The fourth-order valence-corrected chi connectivity index (χ4v) is 6.31. The minimum absolute atomic E-state index is 0.0197. The highest BCUT2D eigenvalue weighted by molar-refractivity contribution is 6.31. The summed E-state index contributed by atoms with van der Waals surface area (Å²) in [6.07, 6.45) is -0.176. The van der Waals surface area contributed by atoms with Gasteiger partial charge in [0.25, 0.3) is 0 Å². The first-order valence-electron chi connectivity index (χ1n) is 12.8. The average Bonchev–Trinajstić information content (AvgIpc) is 2.78. The molecule has 2 unspecified atom stereocenters. The Bertz CT molecular complexity index is 1290. The number of rotatable bonds is 5. The molecule has 2 saturated carbocycles. The van der Waals surface area contributed by atoms with Gasteiger partial charge in [0.2, 0.25) is 5.91 Å². The zero-order chi connectivity index (χ0) is 28.5. The molecule has 0 saturated heterocycles. The van der Waals surface area contributed by atoms with E-state index in [4.69, 9.17) is 5.73 Å². The van der Waals surface area contributed by atoms with E-state index in [9.17, 15) is 39.0 Å². The van der Waals surface area contributed by atoms with Gasteiger partial charge in [-0.25, -0.2) is 0 Å². The fourth-order valence-electron chi connectivity index (χ4n) is 6.31. The number of nitrogens with two attached hydrogens (primary N) is 1. The van der Waals surface area contributed by atoms with Crippen molar-refractivity contribution < 1.29 is 39.0 Å². The van der Waals surface area contributed by atoms with Gasteiger partial charge in [-0.3, -0.25) is 28.8 Å². The Morgan fingerprint density at radius 1 is 1.11 bits per heavy atom. The Labute approximate surface area is 220 Å². The van der Waals surface area contributed by atoms with Crippen molar-refractivity contribution >= 4 is 34.8 Å². The maximum absolute atomic E-state index is 13.9. The van der Waals surface area contributed by atoms with E-state index in [-0.39, 0.29) is 36.4 Å². The van der Waals surface area contributed by atoms with Gasteiger partial charge in [-0.2, -0.15) is 0 Å². The van der Waals surface area contributed by atoms with Crippen molar-refractivity contribution in [3.05, 3.63) is 28.3 Å². The molecule has 1 aromatic rings. The van der Waals surface area contributed by atoms with Crippen LogP contribution in [-0.2, 0) is 31.0 Å². The molecule has 1 amide bonds. The second kappa shape index (κ2) is 9.20. The van der Waals surface area contributed by atoms with Crippen LogP contribution in [0, 0.1) is 23.7 Å². The summed E-state index contributed by atoms with van der Waals surface area (Å²) >= 11 is 0. The standard InChI is InChI=1S/C28H34N2O8/c1-27(2,3)16-11-14(17(31)6-7-30(4)5)15-9-12-8-13-10-18(32)21(26(29)37)25(36)28(13,38)24(35)19(12)23(34)20(15)22(16)33/h11-13,19,21,33,38H,6-10H2,1-5H3,(H2,29,37)/t12-,13+,19?,21?,28+/m1/s1. The summed E-state index contributed by atoms with van der Waals surface area (Å²) in [5, 5.41) is 22.6. The quantitative estimate of drug-likeness (QED) is 0.370. The molecule has 2 fully saturated rings. The van der Waals surface area contributed by atoms with E-state index in [1.807, 2.05) is 39.8 Å². The molecule has 0 spiro atoms. The first-order valence-corrected chi connectivity index (χ1v) is 12.8. The van der Waals surface area contributed by atoms with E-state index < -0.39 is 70.1 Å². The molecular weight excluding hydrogens is 492 g/mol. The van der Waals surface area contributed by atoms with Crippen molar-refractivity contribution in [1.29, 1.82) is 0 Å². The van der Waals surface area contributed by atoms with E-state index in [1.54, 1.807) is 6.07 Å². The van der Waals surface area contributed by atoms with E-state index >= 15 is 0 Å². The van der Waals surface area contributed by atoms with E-state index in [0.717, 1.165) is 0 Å². The van der Waals surface area contributed by atoms with Gasteiger partial charge < -0.3 is 20.8 Å². The number of hydrogen-bond acceptors (Lipinski definition) is 9. The topological polar surface area (TPSA) is 172 Å². The SMILES string of the molecule is CN(C)CCC(=O)c1cc(C(C)(C)C)c(O)c2c1C[C@H]1C[C@H]3CC(=O)C(C(N)=O)C(=O)[C@@]3(O)C(=O)C1C2=O. The molecule has 0 bridgehead atoms. The zero-order valence-electron chi connectivity index (χ0n) is 22.3. The fraction of sp³-hybridized carbons (Fsp3) is 0.571. The van der Waals surface area contributed by atoms with Crippen molar-refractivity contribution in [3.8, 4) is 5.75 Å². The number of hydrogen-bond donors (Lipinski definition) is 3. The Kier molecular flexibility index (Phi) is 6.73. The number of carbonyl (C=O) groups excluding carboxylic acids is 6. The second-order valence-electron chi connectivity index (χ2n) is 12.1. The van der Waals surface area contributed by atoms with Crippen LogP contribution >= 0.6 is 0 Å². The number of phenols is 1. The maximum atomic E-state index is 13.9. The Hall–Kier alpha value is -3.24. The molecule has 0 aromatic heterocycles. The van der Waals surface area contributed by atoms with Crippen LogP contribution in [0.1, 0.15) is 71.9 Å². The highest BCUT2D eigenvalue weighted by atomic mass is 16.3. The number of amides is 1. The van der Waals surface area contributed by atoms with Gasteiger partial charge in [0.1, 0.15) is 5.75 Å². The molecule has 3 aliphatic carbocycles. The first-order chi connectivity index (χ1) is 17.5. The summed E-state index contributed by atoms with van der Waals surface area (Å²) in [7, 11) is 3.66. The lowest BCUT2D eigenvalue weighted by molar-refractivity contribution is -0.175. The highest BCUT2D eigenvalue weighted by Gasteiger charge is 2.66. The summed E-state index contributed by atoms with van der Waals surface area (Å²) in [6.45, 7) is 5.93. The number of Topliss-reactive ketones (excluding diaryl/α,β-unsaturated/α-hetero) is 5. The monoisotopic (exact) mass is 526 g/mol. The lowest BCUT2D eigenvalue weighted by Gasteiger charge is -2.48. The molecule has 3 aliphatic rings. The van der Waals surface area contributed by atoms with Crippen molar-refractivity contribution in [3.63, 3.8) is 0 Å². The van der Waals surface area contributed by atoms with Gasteiger partial charge in [0.05, 0.1) is 11.5 Å². The number of primary amides is 1. The smallest absolute Gasteiger partial charge is 0.235 e. The van der Waals surface area contributed by atoms with E-state index in [2.05, 4.69) is 0 Å². The van der Waals surface area contributed by atoms with Crippen LogP contribution in [0.15, 0.2) is 6.07 Å². The van der Waals surface area contributed by atoms with Gasteiger partial charge in [-0.1, -0.05) is 20.8 Å². The molecule has 5 atom stereocenters. The summed E-state index contributed by atoms with van der Waals surface area (Å²) in [4.78, 5) is 80.3. The summed E-state index contributed by atoms with van der Waals surface area (Å²) in [5.41, 5.74) is 2.73. The molecule has 1 aromatic carbocycles. The third-order valence-corrected chi connectivity index (χ3v) is 8.30. The minimum atomic E-state index is -2.70. The number of carbonyl (C=O) groups is 6. The second-order valence-corrected chi connectivity index (χ2v) is 12.1. The van der Waals surface area contributed by atoms with E-state index in [0.29, 0.717) is 23.2 Å². The normalized spacial score (nSPS) is 29.1. The van der Waals surface area contributed by atoms with Gasteiger partial charge in [0.15, 0.2) is 40.4 Å². The van der Waals surface area contributed by atoms with Gasteiger partial charge >= 0.3 is 0 Å². The van der Waals surface area contributed by atoms with Gasteiger partial charge in [-0.05, 0) is 49.9 Å². The van der Waals surface area contributed by atoms with Gasteiger partial charge in [-0.15, -0.1) is 0 Å². The molecule has 10 heteroatoms. The van der Waals surface area contributed by atoms with Crippen molar-refractivity contribution in [2.45, 2.75) is 57.5 Å². The Morgan fingerprint density at radius 2 is 1.74 bits per heavy atom. The predicted octanol–water partition coefficient (Wildman–Crippen LogP) is 0.759. The van der Waals surface area contributed by atoms with Crippen LogP contribution in [0.2, 0.25) is 0 Å². The lowest BCUT2D eigenvalue weighted by atomic mass is 9.53. The Balaban J connectivity index is 1.86. The summed E-state index contributed by atoms with van der Waals surface area (Å²) < 4.78 is 0.